The normalized spacial score (nSPS) is 14.6. The maximum Gasteiger partial charge on any atom is 0.303 e. The summed E-state index contributed by atoms with van der Waals surface area (Å²) in [5, 5.41) is 16.0. The van der Waals surface area contributed by atoms with E-state index in [1.54, 1.807) is 0 Å². The average Bonchev–Trinajstić information content (AvgIpc) is 3.36. The number of carboxylic acids is 1. The van der Waals surface area contributed by atoms with E-state index in [1.807, 2.05) is 5.73 Å². The molecule has 37 heavy (non-hydrogen) atoms. The van der Waals surface area contributed by atoms with Gasteiger partial charge in [0.1, 0.15) is 21.1 Å². The fraction of sp³-hybridized carbons (Fsp3) is 0.545. The number of amides is 4. The zero-order valence-corrected chi connectivity index (χ0v) is 20.2. The number of aliphatic carboxylic acids is 1. The molecule has 4 unspecified atom stereocenters. The van der Waals surface area contributed by atoms with Crippen molar-refractivity contribution in [2.75, 3.05) is 0 Å². The van der Waals surface area contributed by atoms with Gasteiger partial charge in [-0.3, -0.25) is 28.8 Å². The Morgan fingerprint density at radius 2 is 1.81 bits per heavy atom. The van der Waals surface area contributed by atoms with E-state index in [-0.39, 0.29) is 38.5 Å². The third-order valence-electron chi connectivity index (χ3n) is 5.26. The van der Waals surface area contributed by atoms with Crippen molar-refractivity contribution in [3.8, 4) is 0 Å². The largest absolute Gasteiger partial charge is 0.481 e. The van der Waals surface area contributed by atoms with Crippen LogP contribution >= 0.6 is 0 Å². The minimum atomic E-state index is -1.42. The quantitative estimate of drug-likeness (QED) is 0.0927. The summed E-state index contributed by atoms with van der Waals surface area (Å²) in [6, 6.07) is -4.97. The van der Waals surface area contributed by atoms with E-state index in [1.165, 1.54) is 12.5 Å². The third-order valence-corrected chi connectivity index (χ3v) is 5.26. The van der Waals surface area contributed by atoms with Crippen molar-refractivity contribution in [1.29, 1.82) is 0 Å². The molecule has 1 heterocycles. The van der Waals surface area contributed by atoms with E-state index < -0.39 is 72.2 Å². The number of ketones is 1. The highest BCUT2D eigenvalue weighted by atomic mass is 16.4. The Kier molecular flexibility index (Phi) is 11.7. The van der Waals surface area contributed by atoms with Crippen LogP contribution in [0, 0.1) is 0 Å². The van der Waals surface area contributed by atoms with Gasteiger partial charge in [0.2, 0.25) is 23.6 Å². The molecular formula is C22H33N7O8. The summed E-state index contributed by atoms with van der Waals surface area (Å²) in [4.78, 5) is 90.4. The van der Waals surface area contributed by atoms with Crippen molar-refractivity contribution >= 4 is 41.6 Å². The molecule has 0 radical (unpaired) electrons. The number of primary amides is 1. The van der Waals surface area contributed by atoms with E-state index >= 15 is 0 Å². The first-order chi connectivity index (χ1) is 18.3. The number of Topliss-reactive ketones (excluding diaryl/α,β-unsaturated/α-hetero) is 1. The second kappa shape index (κ2) is 15.8. The first-order valence-electron chi connectivity index (χ1n) is 12.4. The lowest BCUT2D eigenvalue weighted by Gasteiger charge is -2.23. The molecule has 0 saturated carbocycles. The van der Waals surface area contributed by atoms with Crippen LogP contribution in [-0.4, -0.2) is 80.9 Å². The molecule has 1 aromatic rings. The maximum absolute atomic E-state index is 13.0. The zero-order chi connectivity index (χ0) is 29.5. The van der Waals surface area contributed by atoms with Gasteiger partial charge in [-0.05, 0) is 26.2 Å². The number of aldehydes is 1. The number of carbonyl (C=O) groups excluding carboxylic acids is 6. The Labute approximate surface area is 215 Å². The molecule has 0 aromatic carbocycles. The monoisotopic (exact) mass is 526 g/mol. The van der Waals surface area contributed by atoms with Gasteiger partial charge in [0.15, 0.2) is 5.78 Å². The van der Waals surface area contributed by atoms with Crippen molar-refractivity contribution < 1.29 is 41.5 Å². The van der Waals surface area contributed by atoms with Gasteiger partial charge in [-0.1, -0.05) is 0 Å². The van der Waals surface area contributed by atoms with Gasteiger partial charge >= 0.3 is 5.97 Å². The van der Waals surface area contributed by atoms with Crippen LogP contribution in [0.1, 0.15) is 52.5 Å². The van der Waals surface area contributed by atoms with Crippen molar-refractivity contribution in [3.05, 3.63) is 18.2 Å². The number of aromatic nitrogens is 2. The van der Waals surface area contributed by atoms with E-state index in [4.69, 9.17) is 13.6 Å². The fourth-order valence-electron chi connectivity index (χ4n) is 3.17. The van der Waals surface area contributed by atoms with Crippen LogP contribution in [0.15, 0.2) is 12.5 Å². The SMILES string of the molecule is [2H]NC(CCC(=O)O)C(=O)NC(CCC(=O)NC(Cc1cnc[nH]1)C(N)=O)C(=O)NC(CCC([3H])=O)C(C)=O. The van der Waals surface area contributed by atoms with Gasteiger partial charge in [-0.15, -0.1) is 0 Å². The number of hydrogen-bond donors (Lipinski definition) is 7. The van der Waals surface area contributed by atoms with Crippen LogP contribution in [0.3, 0.4) is 0 Å². The average molecular weight is 527 g/mol. The highest BCUT2D eigenvalue weighted by Crippen LogP contribution is 2.06. The number of nitrogens with one attached hydrogen (secondary N) is 4. The first-order valence-corrected chi connectivity index (χ1v) is 11.4. The molecule has 0 aliphatic rings. The topological polar surface area (TPSA) is 257 Å². The highest BCUT2D eigenvalue weighted by Gasteiger charge is 2.28. The molecule has 0 spiro atoms. The molecule has 204 valence electrons. The van der Waals surface area contributed by atoms with Gasteiger partial charge in [0.25, 0.3) is 0 Å². The predicted molar refractivity (Wildman–Crippen MR) is 127 cm³/mol. The van der Waals surface area contributed by atoms with Crippen LogP contribution in [0.5, 0.6) is 0 Å². The molecule has 0 bridgehead atoms. The number of carboxylic acid groups (broad SMARTS) is 1. The van der Waals surface area contributed by atoms with Crippen LogP contribution < -0.4 is 27.4 Å². The highest BCUT2D eigenvalue weighted by molar-refractivity contribution is 5.93. The summed E-state index contributed by atoms with van der Waals surface area (Å²) < 4.78 is 14.3. The second-order valence-electron chi connectivity index (χ2n) is 8.24. The van der Waals surface area contributed by atoms with Crippen LogP contribution in [0.4, 0.5) is 0 Å². The first kappa shape index (κ1) is 27.4. The fourth-order valence-corrected chi connectivity index (χ4v) is 3.17. The summed E-state index contributed by atoms with van der Waals surface area (Å²) in [7, 11) is 0. The number of rotatable bonds is 19. The van der Waals surface area contributed by atoms with Crippen molar-refractivity contribution in [1.82, 2.24) is 25.9 Å². The molecule has 4 atom stereocenters. The third kappa shape index (κ3) is 11.9. The molecule has 1 aromatic heterocycles. The lowest BCUT2D eigenvalue weighted by molar-refractivity contribution is -0.137. The van der Waals surface area contributed by atoms with E-state index in [0.29, 0.717) is 5.69 Å². The Morgan fingerprint density at radius 3 is 2.35 bits per heavy atom. The summed E-state index contributed by atoms with van der Waals surface area (Å²) in [5.74, 6) is -5.02. The predicted octanol–water partition coefficient (Wildman–Crippen LogP) is -2.57. The van der Waals surface area contributed by atoms with Gasteiger partial charge in [-0.2, -0.15) is 0 Å². The summed E-state index contributed by atoms with van der Waals surface area (Å²) >= 11 is 0. The molecule has 0 saturated heterocycles. The van der Waals surface area contributed by atoms with Gasteiger partial charge in [0.05, 0.1) is 18.4 Å². The lowest BCUT2D eigenvalue weighted by Crippen LogP contribution is -2.54. The molecule has 4 amide bonds. The molecule has 9 N–H and O–H groups in total. The van der Waals surface area contributed by atoms with E-state index in [2.05, 4.69) is 25.9 Å². The molecule has 15 nitrogen and oxygen atoms in total. The number of aromatic amines is 1. The Balaban J connectivity index is 2.97. The van der Waals surface area contributed by atoms with Crippen molar-refractivity contribution in [2.45, 2.75) is 76.0 Å². The number of hydrogen-bond acceptors (Lipinski definition) is 9. The minimum absolute atomic E-state index is 0.0250. The van der Waals surface area contributed by atoms with Gasteiger partial charge in [-0.25, -0.2) is 4.98 Å². The summed E-state index contributed by atoms with van der Waals surface area (Å²) in [6.07, 6.45) is 0.0269. The number of nitrogens with two attached hydrogens (primary N) is 2. The lowest BCUT2D eigenvalue weighted by atomic mass is 10.0. The van der Waals surface area contributed by atoms with Crippen LogP contribution in [0.2, 0.25) is 1.41 Å². The van der Waals surface area contributed by atoms with Crippen molar-refractivity contribution in [2.24, 2.45) is 11.5 Å². The van der Waals surface area contributed by atoms with E-state index in [9.17, 15) is 33.6 Å². The van der Waals surface area contributed by atoms with Gasteiger partial charge < -0.3 is 42.3 Å². The molecule has 0 fully saturated rings. The second-order valence-corrected chi connectivity index (χ2v) is 8.24. The smallest absolute Gasteiger partial charge is 0.303 e. The maximum atomic E-state index is 13.0. The van der Waals surface area contributed by atoms with Crippen LogP contribution in [-0.2, 0) is 40.0 Å². The van der Waals surface area contributed by atoms with E-state index in [0.717, 1.165) is 6.92 Å². The Hall–Kier alpha value is -4.14. The Bertz CT molecular complexity index is 1040. The number of imidazole rings is 1. The molecule has 0 aliphatic carbocycles. The standard InChI is InChI=1S/C22H33N7O8/c1-12(31)15(3-2-8-30)28-22(37)16(29-21(36)14(23)4-7-19(33)34)5-6-18(32)27-17(20(24)35)9-13-10-25-11-26-13/h8,10-11,14-17H,2-7,9,23H2,1H3,(H2,24,35)(H,25,26)(H,27,32)(H,28,37)(H,29,36)(H,33,34)/i8T/hD. The molecular weight excluding hydrogens is 490 g/mol. The van der Waals surface area contributed by atoms with Crippen LogP contribution in [0.25, 0.3) is 0 Å². The summed E-state index contributed by atoms with van der Waals surface area (Å²) in [6.45, 7) is 1.16. The Morgan fingerprint density at radius 1 is 1.11 bits per heavy atom. The van der Waals surface area contributed by atoms with Crippen molar-refractivity contribution in [3.63, 3.8) is 0 Å². The minimum Gasteiger partial charge on any atom is -0.481 e. The van der Waals surface area contributed by atoms with Gasteiger partial charge in [0, 0.05) is 37.6 Å². The number of nitrogens with zero attached hydrogens (tertiary/aromatic N) is 1. The number of carbonyl (C=O) groups is 7. The zero-order valence-electron chi connectivity index (χ0n) is 22.2. The molecule has 0 aliphatic heterocycles. The molecule has 15 heteroatoms. The summed E-state index contributed by atoms with van der Waals surface area (Å²) in [5.41, 5.74) is 7.80. The molecule has 1 rings (SSSR count). The number of H-pyrrole nitrogens is 1.